The molecule has 0 radical (unpaired) electrons. The van der Waals surface area contributed by atoms with Gasteiger partial charge in [0.25, 0.3) is 0 Å². The van der Waals surface area contributed by atoms with Gasteiger partial charge in [-0.2, -0.15) is 0 Å². The monoisotopic (exact) mass is 414 g/mol. The highest BCUT2D eigenvalue weighted by atomic mass is 16.2. The van der Waals surface area contributed by atoms with Crippen LogP contribution in [0.1, 0.15) is 70.3 Å². The highest BCUT2D eigenvalue weighted by Gasteiger charge is 2.24. The number of carbonyl (C=O) groups is 2. The molecule has 166 valence electrons. The van der Waals surface area contributed by atoms with Gasteiger partial charge in [-0.3, -0.25) is 4.79 Å². The Balaban J connectivity index is 1.39. The average molecular weight is 415 g/mol. The molecule has 3 amide bonds. The van der Waals surface area contributed by atoms with Crippen molar-refractivity contribution in [2.75, 3.05) is 18.0 Å². The second kappa shape index (κ2) is 11.2. The van der Waals surface area contributed by atoms with E-state index in [0.29, 0.717) is 19.1 Å². The van der Waals surface area contributed by atoms with Crippen LogP contribution in [0.15, 0.2) is 24.3 Å². The Morgan fingerprint density at radius 2 is 1.83 bits per heavy atom. The van der Waals surface area contributed by atoms with Gasteiger partial charge in [-0.1, -0.05) is 38.3 Å². The Labute approximate surface area is 181 Å². The third-order valence-electron chi connectivity index (χ3n) is 6.73. The summed E-state index contributed by atoms with van der Waals surface area (Å²) in [6.07, 6.45) is 10.5. The zero-order valence-corrected chi connectivity index (χ0v) is 18.4. The van der Waals surface area contributed by atoms with Crippen molar-refractivity contribution >= 4 is 17.6 Å². The highest BCUT2D eigenvalue weighted by molar-refractivity contribution is 5.77. The van der Waals surface area contributed by atoms with Gasteiger partial charge in [-0.25, -0.2) is 4.79 Å². The topological polar surface area (TPSA) is 87.5 Å². The summed E-state index contributed by atoms with van der Waals surface area (Å²) in [5.41, 5.74) is 7.66. The molecule has 1 saturated heterocycles. The van der Waals surface area contributed by atoms with Crippen LogP contribution in [-0.4, -0.2) is 31.1 Å². The predicted octanol–water partition coefficient (Wildman–Crippen LogP) is 3.94. The number of nitrogens with zero attached hydrogens (tertiary/aromatic N) is 1. The van der Waals surface area contributed by atoms with Gasteiger partial charge in [-0.15, -0.1) is 0 Å². The van der Waals surface area contributed by atoms with E-state index in [2.05, 4.69) is 34.6 Å². The van der Waals surface area contributed by atoms with Crippen molar-refractivity contribution in [1.82, 2.24) is 10.6 Å². The second-order valence-corrected chi connectivity index (χ2v) is 9.04. The Kier molecular flexibility index (Phi) is 8.40. The molecule has 0 bridgehead atoms. The molecule has 1 aliphatic heterocycles. The van der Waals surface area contributed by atoms with Crippen LogP contribution in [0.5, 0.6) is 0 Å². The number of benzene rings is 1. The minimum absolute atomic E-state index is 0.0644. The van der Waals surface area contributed by atoms with Gasteiger partial charge < -0.3 is 21.3 Å². The van der Waals surface area contributed by atoms with Crippen molar-refractivity contribution in [3.8, 4) is 0 Å². The van der Waals surface area contributed by atoms with E-state index in [9.17, 15) is 9.59 Å². The van der Waals surface area contributed by atoms with Gasteiger partial charge in [0.2, 0.25) is 5.91 Å². The standard InChI is InChI=1S/C24H38N4O2/c1-2-3-5-18-7-11-21(12-8-18)27-24(30)26-16-19-9-13-22(14-10-19)28-15-4-6-20(17-28)23(25)29/h9-10,13-14,18,20-21H,2-8,11-12,15-17H2,1H3,(H2,25,29)(H2,26,27,30)/t18?,20-,21?/m0/s1. The first-order valence-corrected chi connectivity index (χ1v) is 11.7. The molecule has 1 aromatic carbocycles. The maximum absolute atomic E-state index is 12.3. The van der Waals surface area contributed by atoms with Gasteiger partial charge >= 0.3 is 6.03 Å². The third kappa shape index (κ3) is 6.64. The van der Waals surface area contributed by atoms with Crippen LogP contribution in [0.3, 0.4) is 0 Å². The largest absolute Gasteiger partial charge is 0.371 e. The fraction of sp³-hybridized carbons (Fsp3) is 0.667. The van der Waals surface area contributed by atoms with Gasteiger partial charge in [-0.05, 0) is 62.1 Å². The lowest BCUT2D eigenvalue weighted by atomic mass is 9.83. The number of amides is 3. The van der Waals surface area contributed by atoms with Crippen molar-refractivity contribution in [2.24, 2.45) is 17.6 Å². The van der Waals surface area contributed by atoms with Crippen molar-refractivity contribution in [2.45, 2.75) is 77.3 Å². The number of carbonyl (C=O) groups excluding carboxylic acids is 2. The summed E-state index contributed by atoms with van der Waals surface area (Å²) in [5.74, 6) is 0.578. The Morgan fingerprint density at radius 1 is 1.10 bits per heavy atom. The summed E-state index contributed by atoms with van der Waals surface area (Å²) in [4.78, 5) is 26.0. The molecule has 1 aliphatic carbocycles. The minimum Gasteiger partial charge on any atom is -0.371 e. The molecule has 3 rings (SSSR count). The Bertz CT molecular complexity index is 683. The quantitative estimate of drug-likeness (QED) is 0.602. The molecular formula is C24H38N4O2. The van der Waals surface area contributed by atoms with Crippen LogP contribution in [-0.2, 0) is 11.3 Å². The number of unbranched alkanes of at least 4 members (excludes halogenated alkanes) is 1. The van der Waals surface area contributed by atoms with Crippen molar-refractivity contribution in [3.63, 3.8) is 0 Å². The van der Waals surface area contributed by atoms with Gasteiger partial charge in [0, 0.05) is 31.4 Å². The van der Waals surface area contributed by atoms with Crippen molar-refractivity contribution in [3.05, 3.63) is 29.8 Å². The summed E-state index contributed by atoms with van der Waals surface area (Å²) in [5, 5.41) is 6.13. The fourth-order valence-corrected chi connectivity index (χ4v) is 4.78. The lowest BCUT2D eigenvalue weighted by Crippen LogP contribution is -2.43. The predicted molar refractivity (Wildman–Crippen MR) is 121 cm³/mol. The number of piperidine rings is 1. The molecule has 0 spiro atoms. The van der Waals surface area contributed by atoms with Crippen LogP contribution in [0, 0.1) is 11.8 Å². The zero-order chi connectivity index (χ0) is 21.3. The van der Waals surface area contributed by atoms with Crippen LogP contribution in [0.25, 0.3) is 0 Å². The average Bonchev–Trinajstić information content (AvgIpc) is 2.77. The number of urea groups is 1. The molecule has 4 N–H and O–H groups in total. The zero-order valence-electron chi connectivity index (χ0n) is 18.4. The Morgan fingerprint density at radius 3 is 2.50 bits per heavy atom. The molecule has 2 fully saturated rings. The molecule has 6 heteroatoms. The van der Waals surface area contributed by atoms with Crippen molar-refractivity contribution < 1.29 is 9.59 Å². The van der Waals surface area contributed by atoms with Crippen LogP contribution in [0.4, 0.5) is 10.5 Å². The van der Waals surface area contributed by atoms with E-state index in [4.69, 9.17) is 5.73 Å². The van der Waals surface area contributed by atoms with Crippen molar-refractivity contribution in [1.29, 1.82) is 0 Å². The van der Waals surface area contributed by atoms with Gasteiger partial charge in [0.1, 0.15) is 0 Å². The third-order valence-corrected chi connectivity index (χ3v) is 6.73. The number of anilines is 1. The second-order valence-electron chi connectivity index (χ2n) is 9.04. The normalized spacial score (nSPS) is 24.3. The van der Waals surface area contributed by atoms with Gasteiger partial charge in [0.05, 0.1) is 5.92 Å². The number of rotatable bonds is 8. The van der Waals surface area contributed by atoms with E-state index in [-0.39, 0.29) is 17.9 Å². The van der Waals surface area contributed by atoms with E-state index in [1.165, 1.54) is 32.1 Å². The molecule has 1 saturated carbocycles. The molecule has 1 heterocycles. The smallest absolute Gasteiger partial charge is 0.315 e. The molecular weight excluding hydrogens is 376 g/mol. The molecule has 0 aromatic heterocycles. The van der Waals surface area contributed by atoms with Gasteiger partial charge in [0.15, 0.2) is 0 Å². The summed E-state index contributed by atoms with van der Waals surface area (Å²) in [6.45, 7) is 4.40. The molecule has 30 heavy (non-hydrogen) atoms. The molecule has 1 atom stereocenters. The van der Waals surface area contributed by atoms with E-state index >= 15 is 0 Å². The molecule has 2 aliphatic rings. The molecule has 6 nitrogen and oxygen atoms in total. The molecule has 0 unspecified atom stereocenters. The summed E-state index contributed by atoms with van der Waals surface area (Å²) in [6, 6.07) is 8.45. The summed E-state index contributed by atoms with van der Waals surface area (Å²) < 4.78 is 0. The van der Waals surface area contributed by atoms with Crippen LogP contribution in [0.2, 0.25) is 0 Å². The van der Waals surface area contributed by atoms with Crippen LogP contribution < -0.4 is 21.3 Å². The Hall–Kier alpha value is -2.24. The molecule has 1 aromatic rings. The van der Waals surface area contributed by atoms with E-state index < -0.39 is 0 Å². The number of hydrogen-bond donors (Lipinski definition) is 3. The maximum atomic E-state index is 12.3. The number of hydrogen-bond acceptors (Lipinski definition) is 3. The lowest BCUT2D eigenvalue weighted by Gasteiger charge is -2.33. The van der Waals surface area contributed by atoms with Crippen LogP contribution >= 0.6 is 0 Å². The summed E-state index contributed by atoms with van der Waals surface area (Å²) >= 11 is 0. The lowest BCUT2D eigenvalue weighted by molar-refractivity contribution is -0.122. The maximum Gasteiger partial charge on any atom is 0.315 e. The van der Waals surface area contributed by atoms with E-state index in [0.717, 1.165) is 49.4 Å². The first-order valence-electron chi connectivity index (χ1n) is 11.7. The number of nitrogens with one attached hydrogen (secondary N) is 2. The summed E-state index contributed by atoms with van der Waals surface area (Å²) in [7, 11) is 0. The number of primary amides is 1. The first kappa shape index (κ1) is 22.4. The minimum atomic E-state index is -0.207. The SMILES string of the molecule is CCCCC1CCC(NC(=O)NCc2ccc(N3CCC[C@H](C(N)=O)C3)cc2)CC1. The highest BCUT2D eigenvalue weighted by Crippen LogP contribution is 2.28. The van der Waals surface area contributed by atoms with E-state index in [1.807, 2.05) is 12.1 Å². The first-order chi connectivity index (χ1) is 14.5. The number of nitrogens with two attached hydrogens (primary N) is 1. The van der Waals surface area contributed by atoms with E-state index in [1.54, 1.807) is 0 Å². The fourth-order valence-electron chi connectivity index (χ4n) is 4.78.